The number of carbonyl (C=O) groups excluding carboxylic acids is 1. The highest BCUT2D eigenvalue weighted by atomic mass is 32.2. The van der Waals surface area contributed by atoms with Gasteiger partial charge < -0.3 is 15.5 Å². The Kier molecular flexibility index (Phi) is 5.96. The molecule has 1 amide bonds. The summed E-state index contributed by atoms with van der Waals surface area (Å²) in [6, 6.07) is 6.58. The second kappa shape index (κ2) is 8.04. The summed E-state index contributed by atoms with van der Waals surface area (Å²) >= 11 is 0. The summed E-state index contributed by atoms with van der Waals surface area (Å²) in [7, 11) is -1.55. The molecule has 2 aliphatic rings. The quantitative estimate of drug-likeness (QED) is 0.790. The SMILES string of the molecule is CC(C(=O)Nc1cccc(S(=O)(=O)N2CCCN(C)CC2)c1)C1CNC1. The molecule has 0 saturated carbocycles. The lowest BCUT2D eigenvalue weighted by Gasteiger charge is -2.31. The highest BCUT2D eigenvalue weighted by molar-refractivity contribution is 7.89. The number of nitrogens with one attached hydrogen (secondary N) is 2. The van der Waals surface area contributed by atoms with Crippen molar-refractivity contribution in [3.63, 3.8) is 0 Å². The van der Waals surface area contributed by atoms with Crippen molar-refractivity contribution in [2.24, 2.45) is 11.8 Å². The van der Waals surface area contributed by atoms with Gasteiger partial charge in [-0.05, 0) is 57.2 Å². The summed E-state index contributed by atoms with van der Waals surface area (Å²) in [5, 5.41) is 6.03. The Balaban J connectivity index is 1.72. The highest BCUT2D eigenvalue weighted by Gasteiger charge is 2.29. The van der Waals surface area contributed by atoms with E-state index in [9.17, 15) is 13.2 Å². The lowest BCUT2D eigenvalue weighted by molar-refractivity contribution is -0.121. The van der Waals surface area contributed by atoms with Gasteiger partial charge >= 0.3 is 0 Å². The number of hydrogen-bond donors (Lipinski definition) is 2. The molecule has 3 rings (SSSR count). The third-order valence-corrected chi connectivity index (χ3v) is 7.25. The third-order valence-electron chi connectivity index (χ3n) is 5.35. The van der Waals surface area contributed by atoms with Gasteiger partial charge in [-0.3, -0.25) is 4.79 Å². The lowest BCUT2D eigenvalue weighted by atomic mass is 9.88. The highest BCUT2D eigenvalue weighted by Crippen LogP contribution is 2.23. The lowest BCUT2D eigenvalue weighted by Crippen LogP contribution is -2.48. The Morgan fingerprint density at radius 2 is 2.00 bits per heavy atom. The van der Waals surface area contributed by atoms with Gasteiger partial charge in [0.25, 0.3) is 0 Å². The first kappa shape index (κ1) is 19.3. The molecule has 2 N–H and O–H groups in total. The molecule has 1 aromatic carbocycles. The molecule has 0 aromatic heterocycles. The number of hydrogen-bond acceptors (Lipinski definition) is 5. The van der Waals surface area contributed by atoms with Crippen LogP contribution in [0.2, 0.25) is 0 Å². The van der Waals surface area contributed by atoms with Crippen LogP contribution in [-0.2, 0) is 14.8 Å². The van der Waals surface area contributed by atoms with Crippen LogP contribution in [0.4, 0.5) is 5.69 Å². The molecular weight excluding hydrogens is 352 g/mol. The van der Waals surface area contributed by atoms with E-state index in [1.165, 1.54) is 0 Å². The second-order valence-electron chi connectivity index (χ2n) is 7.29. The van der Waals surface area contributed by atoms with E-state index in [2.05, 4.69) is 15.5 Å². The summed E-state index contributed by atoms with van der Waals surface area (Å²) < 4.78 is 27.5. The minimum atomic E-state index is -3.55. The average Bonchev–Trinajstić information content (AvgIpc) is 2.78. The second-order valence-corrected chi connectivity index (χ2v) is 9.22. The zero-order valence-corrected chi connectivity index (χ0v) is 16.3. The van der Waals surface area contributed by atoms with Crippen LogP contribution >= 0.6 is 0 Å². The number of sulfonamides is 1. The van der Waals surface area contributed by atoms with Crippen LogP contribution in [0.3, 0.4) is 0 Å². The molecule has 0 bridgehead atoms. The predicted octanol–water partition coefficient (Wildman–Crippen LogP) is 0.807. The molecule has 8 heteroatoms. The van der Waals surface area contributed by atoms with E-state index in [-0.39, 0.29) is 16.7 Å². The van der Waals surface area contributed by atoms with Crippen molar-refractivity contribution in [2.45, 2.75) is 18.2 Å². The van der Waals surface area contributed by atoms with Crippen molar-refractivity contribution in [1.29, 1.82) is 0 Å². The minimum absolute atomic E-state index is 0.0672. The molecular formula is C18H28N4O3S. The number of carbonyl (C=O) groups is 1. The van der Waals surface area contributed by atoms with E-state index < -0.39 is 10.0 Å². The molecule has 26 heavy (non-hydrogen) atoms. The van der Waals surface area contributed by atoms with Crippen molar-refractivity contribution in [3.8, 4) is 0 Å². The number of nitrogens with zero attached hydrogens (tertiary/aromatic N) is 2. The molecule has 2 aliphatic heterocycles. The molecule has 1 aromatic rings. The molecule has 2 fully saturated rings. The van der Waals surface area contributed by atoms with Crippen LogP contribution in [0, 0.1) is 11.8 Å². The van der Waals surface area contributed by atoms with Gasteiger partial charge in [-0.2, -0.15) is 4.31 Å². The first-order chi connectivity index (χ1) is 12.4. The number of amides is 1. The largest absolute Gasteiger partial charge is 0.326 e. The monoisotopic (exact) mass is 380 g/mol. The van der Waals surface area contributed by atoms with Crippen LogP contribution in [0.15, 0.2) is 29.2 Å². The molecule has 0 spiro atoms. The number of likely N-dealkylation sites (N-methyl/N-ethyl adjacent to an activating group) is 1. The van der Waals surface area contributed by atoms with E-state index in [4.69, 9.17) is 0 Å². The van der Waals surface area contributed by atoms with E-state index in [0.29, 0.717) is 24.7 Å². The maximum Gasteiger partial charge on any atom is 0.243 e. The standard InChI is InChI=1S/C18H28N4O3S/c1-14(15-12-19-13-15)18(23)20-16-5-3-6-17(11-16)26(24,25)22-8-4-7-21(2)9-10-22/h3,5-6,11,14-15,19H,4,7-10,12-13H2,1-2H3,(H,20,23). The fourth-order valence-corrected chi connectivity index (χ4v) is 4.80. The van der Waals surface area contributed by atoms with Crippen molar-refractivity contribution < 1.29 is 13.2 Å². The maximum absolute atomic E-state index is 13.0. The molecule has 0 aliphatic carbocycles. The maximum atomic E-state index is 13.0. The van der Waals surface area contributed by atoms with Crippen LogP contribution < -0.4 is 10.6 Å². The molecule has 144 valence electrons. The molecule has 1 unspecified atom stereocenters. The Morgan fingerprint density at radius 3 is 2.69 bits per heavy atom. The minimum Gasteiger partial charge on any atom is -0.326 e. The van der Waals surface area contributed by atoms with Gasteiger partial charge in [0.05, 0.1) is 4.90 Å². The molecule has 7 nitrogen and oxygen atoms in total. The Hall–Kier alpha value is -1.48. The topological polar surface area (TPSA) is 81.8 Å². The van der Waals surface area contributed by atoms with Gasteiger partial charge in [0.2, 0.25) is 15.9 Å². The van der Waals surface area contributed by atoms with E-state index in [1.807, 2.05) is 14.0 Å². The zero-order chi connectivity index (χ0) is 18.7. The first-order valence-corrected chi connectivity index (χ1v) is 10.6. The number of benzene rings is 1. The number of rotatable bonds is 5. The van der Waals surface area contributed by atoms with Crippen molar-refractivity contribution in [3.05, 3.63) is 24.3 Å². The summed E-state index contributed by atoms with van der Waals surface area (Å²) in [5.41, 5.74) is 0.530. The predicted molar refractivity (Wildman–Crippen MR) is 101 cm³/mol. The van der Waals surface area contributed by atoms with Crippen LogP contribution in [0.25, 0.3) is 0 Å². The van der Waals surface area contributed by atoms with Crippen LogP contribution in [-0.4, -0.2) is 69.8 Å². The first-order valence-electron chi connectivity index (χ1n) is 9.18. The Labute approximate surface area is 155 Å². The van der Waals surface area contributed by atoms with E-state index in [0.717, 1.165) is 32.6 Å². The summed E-state index contributed by atoms with van der Waals surface area (Å²) in [5.74, 6) is 0.177. The van der Waals surface area contributed by atoms with Crippen molar-refractivity contribution in [2.75, 3.05) is 51.6 Å². The zero-order valence-electron chi connectivity index (χ0n) is 15.4. The van der Waals surface area contributed by atoms with E-state index >= 15 is 0 Å². The fraction of sp³-hybridized carbons (Fsp3) is 0.611. The van der Waals surface area contributed by atoms with Gasteiger partial charge in [0.15, 0.2) is 0 Å². The van der Waals surface area contributed by atoms with Gasteiger partial charge in [-0.15, -0.1) is 0 Å². The smallest absolute Gasteiger partial charge is 0.243 e. The molecule has 1 atom stereocenters. The van der Waals surface area contributed by atoms with Gasteiger partial charge in [-0.25, -0.2) is 8.42 Å². The molecule has 2 saturated heterocycles. The van der Waals surface area contributed by atoms with Crippen molar-refractivity contribution >= 4 is 21.6 Å². The normalized spacial score (nSPS) is 21.6. The van der Waals surface area contributed by atoms with Crippen LogP contribution in [0.5, 0.6) is 0 Å². The third kappa shape index (κ3) is 4.25. The van der Waals surface area contributed by atoms with Crippen molar-refractivity contribution in [1.82, 2.24) is 14.5 Å². The fourth-order valence-electron chi connectivity index (χ4n) is 3.28. The summed E-state index contributed by atoms with van der Waals surface area (Å²) in [6.07, 6.45) is 0.819. The van der Waals surface area contributed by atoms with Gasteiger partial charge in [0, 0.05) is 31.2 Å². The Bertz CT molecular complexity index is 749. The van der Waals surface area contributed by atoms with Crippen LogP contribution in [0.1, 0.15) is 13.3 Å². The number of anilines is 1. The Morgan fingerprint density at radius 1 is 1.23 bits per heavy atom. The van der Waals surface area contributed by atoms with Gasteiger partial charge in [0.1, 0.15) is 0 Å². The summed E-state index contributed by atoms with van der Waals surface area (Å²) in [6.45, 7) is 6.25. The average molecular weight is 381 g/mol. The molecule has 2 heterocycles. The molecule has 0 radical (unpaired) electrons. The van der Waals surface area contributed by atoms with E-state index in [1.54, 1.807) is 28.6 Å². The van der Waals surface area contributed by atoms with Gasteiger partial charge in [-0.1, -0.05) is 13.0 Å². The summed E-state index contributed by atoms with van der Waals surface area (Å²) in [4.78, 5) is 14.8.